The fraction of sp³-hybridized carbons (Fsp3) is 0.571. The van der Waals surface area contributed by atoms with E-state index in [9.17, 15) is 0 Å². The Bertz CT molecular complexity index is 800. The second-order valence-electron chi connectivity index (χ2n) is 8.06. The van der Waals surface area contributed by atoms with E-state index in [0.717, 1.165) is 38.5 Å². The Morgan fingerprint density at radius 3 is 2.96 bits per heavy atom. The summed E-state index contributed by atoms with van der Waals surface area (Å²) < 4.78 is 5.91. The summed E-state index contributed by atoms with van der Waals surface area (Å²) in [6.45, 7) is 9.25. The van der Waals surface area contributed by atoms with E-state index in [1.54, 1.807) is 0 Å². The number of nitrogens with one attached hydrogen (secondary N) is 3. The van der Waals surface area contributed by atoms with Gasteiger partial charge in [0.15, 0.2) is 5.96 Å². The Morgan fingerprint density at radius 1 is 1.33 bits per heavy atom. The van der Waals surface area contributed by atoms with E-state index < -0.39 is 0 Å². The molecule has 2 heterocycles. The molecule has 4 rings (SSSR count). The molecule has 2 aromatic rings. The lowest BCUT2D eigenvalue weighted by molar-refractivity contribution is -0.106. The number of hydrogen-bond acceptors (Lipinski definition) is 2. The summed E-state index contributed by atoms with van der Waals surface area (Å²) in [5.41, 5.74) is 2.68. The molecule has 1 aliphatic carbocycles. The zero-order chi connectivity index (χ0) is 18.1. The summed E-state index contributed by atoms with van der Waals surface area (Å²) in [6.07, 6.45) is 4.59. The Morgan fingerprint density at radius 2 is 2.15 bits per heavy atom. The van der Waals surface area contributed by atoms with Gasteiger partial charge >= 0.3 is 0 Å². The van der Waals surface area contributed by atoms with Crippen molar-refractivity contribution in [1.29, 1.82) is 0 Å². The average Bonchev–Trinajstić information content (AvgIpc) is 3.25. The molecule has 3 N–H and O–H groups in total. The summed E-state index contributed by atoms with van der Waals surface area (Å²) in [5.74, 6) is 1.54. The molecule has 0 spiro atoms. The molecule has 2 fully saturated rings. The summed E-state index contributed by atoms with van der Waals surface area (Å²) in [5, 5.41) is 8.39. The van der Waals surface area contributed by atoms with Gasteiger partial charge in [0, 0.05) is 54.2 Å². The van der Waals surface area contributed by atoms with Crippen LogP contribution in [0.2, 0.25) is 0 Å². The molecule has 2 aliphatic rings. The van der Waals surface area contributed by atoms with Gasteiger partial charge in [-0.25, -0.2) is 0 Å². The smallest absolute Gasteiger partial charge is 0.191 e. The summed E-state index contributed by atoms with van der Waals surface area (Å²) in [4.78, 5) is 8.18. The number of aromatic nitrogens is 1. The van der Waals surface area contributed by atoms with Crippen molar-refractivity contribution in [2.75, 3.05) is 19.7 Å². The number of ether oxygens (including phenoxy) is 1. The van der Waals surface area contributed by atoms with Crippen molar-refractivity contribution in [3.8, 4) is 0 Å². The standard InChI is InChI=1S/C21H30N4O.HI/c1-4-22-20(25-18-16-10-12-26-19(16)21(18,2)3)23-11-9-14-13-24-17-8-6-5-7-15(14)17;/h5-8,13,16,18-19,24H,4,9-12H2,1-3H3,(H2,22,23,25);1H. The van der Waals surface area contributed by atoms with Gasteiger partial charge in [-0.2, -0.15) is 0 Å². The maximum absolute atomic E-state index is 5.91. The van der Waals surface area contributed by atoms with Crippen molar-refractivity contribution in [3.63, 3.8) is 0 Å². The van der Waals surface area contributed by atoms with E-state index in [2.05, 4.69) is 66.9 Å². The maximum atomic E-state index is 5.91. The third-order valence-electron chi connectivity index (χ3n) is 6.06. The van der Waals surface area contributed by atoms with E-state index in [1.807, 2.05) is 0 Å². The van der Waals surface area contributed by atoms with Crippen LogP contribution in [-0.2, 0) is 11.2 Å². The largest absolute Gasteiger partial charge is 0.377 e. The SMILES string of the molecule is CCNC(=NCCc1c[nH]c2ccccc12)NC1C2CCOC2C1(C)C.I. The third-order valence-corrected chi connectivity index (χ3v) is 6.06. The van der Waals surface area contributed by atoms with E-state index in [4.69, 9.17) is 9.73 Å². The lowest BCUT2D eigenvalue weighted by atomic mass is 9.57. The van der Waals surface area contributed by atoms with Crippen molar-refractivity contribution in [2.24, 2.45) is 16.3 Å². The highest BCUT2D eigenvalue weighted by molar-refractivity contribution is 14.0. The number of halogens is 1. The molecule has 1 aliphatic heterocycles. The number of aromatic amines is 1. The van der Waals surface area contributed by atoms with Crippen LogP contribution in [-0.4, -0.2) is 42.8 Å². The average molecular weight is 482 g/mol. The highest BCUT2D eigenvalue weighted by Crippen LogP contribution is 2.52. The zero-order valence-electron chi connectivity index (χ0n) is 16.4. The summed E-state index contributed by atoms with van der Waals surface area (Å²) in [6, 6.07) is 8.88. The molecule has 0 bridgehead atoms. The Kier molecular flexibility index (Phi) is 6.35. The molecule has 148 valence electrons. The third kappa shape index (κ3) is 3.83. The van der Waals surface area contributed by atoms with Crippen molar-refractivity contribution in [2.45, 2.75) is 45.8 Å². The number of para-hydroxylation sites is 1. The second kappa shape index (κ2) is 8.39. The first-order chi connectivity index (χ1) is 12.6. The van der Waals surface area contributed by atoms with Crippen molar-refractivity contribution in [1.82, 2.24) is 15.6 Å². The van der Waals surface area contributed by atoms with Gasteiger partial charge in [0.1, 0.15) is 0 Å². The van der Waals surface area contributed by atoms with E-state index in [1.165, 1.54) is 16.5 Å². The van der Waals surface area contributed by atoms with Crippen molar-refractivity contribution < 1.29 is 4.74 Å². The van der Waals surface area contributed by atoms with Gasteiger partial charge in [-0.15, -0.1) is 24.0 Å². The van der Waals surface area contributed by atoms with Gasteiger partial charge in [-0.1, -0.05) is 32.0 Å². The molecule has 1 saturated heterocycles. The molecule has 0 radical (unpaired) electrons. The Hall–Kier alpha value is -1.28. The van der Waals surface area contributed by atoms with E-state index in [-0.39, 0.29) is 29.4 Å². The molecule has 3 unspecified atom stereocenters. The van der Waals surface area contributed by atoms with Crippen LogP contribution in [0.25, 0.3) is 10.9 Å². The predicted molar refractivity (Wildman–Crippen MR) is 122 cm³/mol. The van der Waals surface area contributed by atoms with Gasteiger partial charge < -0.3 is 20.4 Å². The Labute approximate surface area is 178 Å². The molecule has 27 heavy (non-hydrogen) atoms. The lowest BCUT2D eigenvalue weighted by Crippen LogP contribution is -2.68. The number of benzene rings is 1. The minimum absolute atomic E-state index is 0. The monoisotopic (exact) mass is 482 g/mol. The predicted octanol–water partition coefficient (Wildman–Crippen LogP) is 3.70. The minimum Gasteiger partial charge on any atom is -0.377 e. The number of hydrogen-bond donors (Lipinski definition) is 3. The molecule has 6 heteroatoms. The normalized spacial score (nSPS) is 26.2. The number of aliphatic imine (C=N–C) groups is 1. The number of fused-ring (bicyclic) bond motifs is 2. The maximum Gasteiger partial charge on any atom is 0.191 e. The molecular weight excluding hydrogens is 451 g/mol. The molecule has 5 nitrogen and oxygen atoms in total. The molecule has 1 aromatic carbocycles. The van der Waals surface area contributed by atoms with E-state index >= 15 is 0 Å². The van der Waals surface area contributed by atoms with Crippen LogP contribution < -0.4 is 10.6 Å². The molecule has 1 aromatic heterocycles. The van der Waals surface area contributed by atoms with Crippen LogP contribution in [0.1, 0.15) is 32.8 Å². The van der Waals surface area contributed by atoms with Gasteiger partial charge in [0.05, 0.1) is 6.10 Å². The molecule has 3 atom stereocenters. The summed E-state index contributed by atoms with van der Waals surface area (Å²) in [7, 11) is 0. The van der Waals surface area contributed by atoms with Crippen molar-refractivity contribution >= 4 is 40.8 Å². The van der Waals surface area contributed by atoms with Crippen LogP contribution >= 0.6 is 24.0 Å². The number of H-pyrrole nitrogens is 1. The minimum atomic E-state index is 0. The van der Waals surface area contributed by atoms with Gasteiger partial charge in [0.25, 0.3) is 0 Å². The van der Waals surface area contributed by atoms with Crippen LogP contribution in [0.5, 0.6) is 0 Å². The fourth-order valence-electron chi connectivity index (χ4n) is 4.71. The first kappa shape index (κ1) is 20.5. The number of nitrogens with zero attached hydrogens (tertiary/aromatic N) is 1. The first-order valence-corrected chi connectivity index (χ1v) is 9.82. The zero-order valence-corrected chi connectivity index (χ0v) is 18.7. The number of rotatable bonds is 5. The van der Waals surface area contributed by atoms with Gasteiger partial charge in [0.2, 0.25) is 0 Å². The van der Waals surface area contributed by atoms with Gasteiger partial charge in [-0.05, 0) is 31.4 Å². The van der Waals surface area contributed by atoms with Crippen LogP contribution in [0.15, 0.2) is 35.5 Å². The second-order valence-corrected chi connectivity index (χ2v) is 8.06. The van der Waals surface area contributed by atoms with Crippen molar-refractivity contribution in [3.05, 3.63) is 36.0 Å². The van der Waals surface area contributed by atoms with Gasteiger partial charge in [-0.3, -0.25) is 4.99 Å². The fourth-order valence-corrected chi connectivity index (χ4v) is 4.71. The lowest BCUT2D eigenvalue weighted by Gasteiger charge is -2.54. The van der Waals surface area contributed by atoms with E-state index in [0.29, 0.717) is 18.1 Å². The Balaban J connectivity index is 0.00000210. The summed E-state index contributed by atoms with van der Waals surface area (Å²) >= 11 is 0. The quantitative estimate of drug-likeness (QED) is 0.346. The number of guanidine groups is 1. The van der Waals surface area contributed by atoms with Crippen LogP contribution in [0.4, 0.5) is 0 Å². The highest BCUT2D eigenvalue weighted by atomic mass is 127. The van der Waals surface area contributed by atoms with Crippen LogP contribution in [0.3, 0.4) is 0 Å². The van der Waals surface area contributed by atoms with Crippen LogP contribution in [0, 0.1) is 11.3 Å². The molecular formula is C21H31IN4O. The highest BCUT2D eigenvalue weighted by Gasteiger charge is 2.59. The topological polar surface area (TPSA) is 61.4 Å². The molecule has 1 saturated carbocycles. The first-order valence-electron chi connectivity index (χ1n) is 9.82. The molecule has 0 amide bonds.